The highest BCUT2D eigenvalue weighted by atomic mass is 16.5. The number of hydrogen-bond acceptors (Lipinski definition) is 5. The summed E-state index contributed by atoms with van der Waals surface area (Å²) in [5.41, 5.74) is 0. The minimum Gasteiger partial charge on any atom is -0.463 e. The second-order valence-corrected chi connectivity index (χ2v) is 3.07. The van der Waals surface area contributed by atoms with E-state index in [4.69, 9.17) is 9.84 Å². The number of hydrogen-bond donors (Lipinski definition) is 1. The lowest BCUT2D eigenvalue weighted by molar-refractivity contribution is -0.149. The molecule has 0 unspecified atom stereocenters. The van der Waals surface area contributed by atoms with Crippen LogP contribution in [-0.2, 0) is 19.1 Å². The van der Waals surface area contributed by atoms with Gasteiger partial charge in [0.05, 0.1) is 19.1 Å². The summed E-state index contributed by atoms with van der Waals surface area (Å²) >= 11 is 0. The first-order valence-electron chi connectivity index (χ1n) is 5.26. The molecule has 1 atom stereocenters. The number of aliphatic hydroxyl groups excluding tert-OH is 1. The van der Waals surface area contributed by atoms with E-state index in [1.807, 2.05) is 0 Å². The Labute approximate surface area is 95.0 Å². The Morgan fingerprint density at radius 2 is 2.00 bits per heavy atom. The molecule has 0 aliphatic heterocycles. The number of rotatable bonds is 7. The molecule has 5 nitrogen and oxygen atoms in total. The molecule has 0 radical (unpaired) electrons. The highest BCUT2D eigenvalue weighted by Gasteiger charge is 2.15. The lowest BCUT2D eigenvalue weighted by Gasteiger charge is -2.09. The molecule has 16 heavy (non-hydrogen) atoms. The lowest BCUT2D eigenvalue weighted by Crippen LogP contribution is -2.20. The van der Waals surface area contributed by atoms with Crippen molar-refractivity contribution in [3.63, 3.8) is 0 Å². The zero-order chi connectivity index (χ0) is 12.4. The maximum Gasteiger partial charge on any atom is 0.330 e. The third-order valence-corrected chi connectivity index (χ3v) is 1.91. The number of aliphatic hydroxyl groups is 1. The van der Waals surface area contributed by atoms with Gasteiger partial charge in [0.25, 0.3) is 0 Å². The molecular weight excluding hydrogens is 212 g/mol. The van der Waals surface area contributed by atoms with Crippen LogP contribution < -0.4 is 0 Å². The Balaban J connectivity index is 3.80. The van der Waals surface area contributed by atoms with Crippen molar-refractivity contribution < 1.29 is 24.2 Å². The molecule has 0 aromatic carbocycles. The molecule has 0 rings (SSSR count). The minimum atomic E-state index is -0.490. The van der Waals surface area contributed by atoms with Crippen LogP contribution in [0.2, 0.25) is 0 Å². The Bertz CT molecular complexity index is 243. The van der Waals surface area contributed by atoms with E-state index in [1.165, 1.54) is 12.2 Å². The van der Waals surface area contributed by atoms with E-state index in [0.29, 0.717) is 13.0 Å². The topological polar surface area (TPSA) is 72.8 Å². The van der Waals surface area contributed by atoms with Crippen LogP contribution in [0.25, 0.3) is 0 Å². The predicted octanol–water partition coefficient (Wildman–Crippen LogP) is 0.667. The van der Waals surface area contributed by atoms with E-state index in [9.17, 15) is 9.59 Å². The monoisotopic (exact) mass is 230 g/mol. The van der Waals surface area contributed by atoms with Crippen LogP contribution in [-0.4, -0.2) is 36.9 Å². The molecule has 0 bridgehead atoms. The second-order valence-electron chi connectivity index (χ2n) is 3.07. The first kappa shape index (κ1) is 14.6. The molecule has 0 fully saturated rings. The third kappa shape index (κ3) is 6.19. The average molecular weight is 230 g/mol. The Morgan fingerprint density at radius 3 is 2.50 bits per heavy atom. The van der Waals surface area contributed by atoms with Crippen molar-refractivity contribution in [2.45, 2.75) is 20.3 Å². The van der Waals surface area contributed by atoms with Crippen LogP contribution in [0.4, 0.5) is 0 Å². The molecule has 0 saturated carbocycles. The molecular formula is C11H18O5. The van der Waals surface area contributed by atoms with Gasteiger partial charge >= 0.3 is 11.9 Å². The maximum atomic E-state index is 11.2. The molecule has 1 N–H and O–H groups in total. The van der Waals surface area contributed by atoms with Crippen LogP contribution in [0.1, 0.15) is 20.3 Å². The van der Waals surface area contributed by atoms with Gasteiger partial charge in [-0.2, -0.15) is 0 Å². The van der Waals surface area contributed by atoms with E-state index in [2.05, 4.69) is 4.74 Å². The Hall–Kier alpha value is -1.36. The SMILES string of the molecule is CCOC(=O)/C=C/COC(=O)[C@@H](CC)CO. The van der Waals surface area contributed by atoms with Crippen molar-refractivity contribution in [1.82, 2.24) is 0 Å². The van der Waals surface area contributed by atoms with Gasteiger partial charge in [0.15, 0.2) is 0 Å². The predicted molar refractivity (Wildman–Crippen MR) is 57.6 cm³/mol. The van der Waals surface area contributed by atoms with Crippen LogP contribution in [0.5, 0.6) is 0 Å². The Kier molecular flexibility index (Phi) is 8.15. The van der Waals surface area contributed by atoms with E-state index >= 15 is 0 Å². The number of carbonyl (C=O) groups excluding carboxylic acids is 2. The molecule has 0 amide bonds. The van der Waals surface area contributed by atoms with Gasteiger partial charge < -0.3 is 14.6 Å². The summed E-state index contributed by atoms with van der Waals surface area (Å²) in [6, 6.07) is 0. The fourth-order valence-electron chi connectivity index (χ4n) is 0.953. The van der Waals surface area contributed by atoms with Gasteiger partial charge in [0.1, 0.15) is 6.61 Å². The fourth-order valence-corrected chi connectivity index (χ4v) is 0.953. The van der Waals surface area contributed by atoms with E-state index in [-0.39, 0.29) is 13.2 Å². The van der Waals surface area contributed by atoms with Crippen molar-refractivity contribution in [3.8, 4) is 0 Å². The minimum absolute atomic E-state index is 0.00808. The van der Waals surface area contributed by atoms with Crippen molar-refractivity contribution >= 4 is 11.9 Å². The molecule has 0 aliphatic carbocycles. The lowest BCUT2D eigenvalue weighted by atomic mass is 10.1. The Morgan fingerprint density at radius 1 is 1.31 bits per heavy atom. The third-order valence-electron chi connectivity index (χ3n) is 1.91. The zero-order valence-corrected chi connectivity index (χ0v) is 9.64. The summed E-state index contributed by atoms with van der Waals surface area (Å²) < 4.78 is 9.45. The quantitative estimate of drug-likeness (QED) is 0.514. The highest BCUT2D eigenvalue weighted by molar-refractivity contribution is 5.82. The second kappa shape index (κ2) is 8.91. The fraction of sp³-hybridized carbons (Fsp3) is 0.636. The maximum absolute atomic E-state index is 11.2. The summed E-state index contributed by atoms with van der Waals surface area (Å²) in [7, 11) is 0. The normalized spacial score (nSPS) is 12.4. The van der Waals surface area contributed by atoms with Crippen LogP contribution in [0.3, 0.4) is 0 Å². The van der Waals surface area contributed by atoms with Gasteiger partial charge in [0.2, 0.25) is 0 Å². The van der Waals surface area contributed by atoms with Gasteiger partial charge in [-0.05, 0) is 19.4 Å². The van der Waals surface area contributed by atoms with Gasteiger partial charge in [-0.3, -0.25) is 4.79 Å². The van der Waals surface area contributed by atoms with Gasteiger partial charge in [-0.25, -0.2) is 4.79 Å². The first-order valence-corrected chi connectivity index (χ1v) is 5.26. The van der Waals surface area contributed by atoms with Gasteiger partial charge in [-0.1, -0.05) is 6.92 Å². The van der Waals surface area contributed by atoms with E-state index in [1.54, 1.807) is 13.8 Å². The molecule has 0 spiro atoms. The molecule has 5 heteroatoms. The van der Waals surface area contributed by atoms with Gasteiger partial charge in [-0.15, -0.1) is 0 Å². The number of esters is 2. The smallest absolute Gasteiger partial charge is 0.330 e. The molecule has 0 aromatic heterocycles. The van der Waals surface area contributed by atoms with Crippen LogP contribution in [0.15, 0.2) is 12.2 Å². The number of ether oxygens (including phenoxy) is 2. The van der Waals surface area contributed by atoms with Crippen molar-refractivity contribution in [2.75, 3.05) is 19.8 Å². The summed E-state index contributed by atoms with van der Waals surface area (Å²) in [6.45, 7) is 3.59. The summed E-state index contributed by atoms with van der Waals surface area (Å²) in [6.07, 6.45) is 3.13. The zero-order valence-electron chi connectivity index (χ0n) is 9.64. The highest BCUT2D eigenvalue weighted by Crippen LogP contribution is 2.03. The molecule has 0 aromatic rings. The van der Waals surface area contributed by atoms with Crippen molar-refractivity contribution in [3.05, 3.63) is 12.2 Å². The van der Waals surface area contributed by atoms with Crippen LogP contribution >= 0.6 is 0 Å². The summed E-state index contributed by atoms with van der Waals surface area (Å²) in [5, 5.41) is 8.82. The van der Waals surface area contributed by atoms with Crippen molar-refractivity contribution in [2.24, 2.45) is 5.92 Å². The molecule has 0 aliphatic rings. The van der Waals surface area contributed by atoms with Gasteiger partial charge in [0, 0.05) is 6.08 Å². The largest absolute Gasteiger partial charge is 0.463 e. The standard InChI is InChI=1S/C11H18O5/c1-3-9(8-12)11(14)16-7-5-6-10(13)15-4-2/h5-6,9,12H,3-4,7-8H2,1-2H3/b6-5+/t9-/m0/s1. The first-order chi connectivity index (χ1) is 7.65. The summed E-state index contributed by atoms with van der Waals surface area (Å²) in [5.74, 6) is -1.41. The summed E-state index contributed by atoms with van der Waals surface area (Å²) in [4.78, 5) is 22.1. The molecule has 0 saturated heterocycles. The van der Waals surface area contributed by atoms with E-state index < -0.39 is 17.9 Å². The van der Waals surface area contributed by atoms with Crippen LogP contribution in [0, 0.1) is 5.92 Å². The number of carbonyl (C=O) groups is 2. The average Bonchev–Trinajstić information content (AvgIpc) is 2.26. The van der Waals surface area contributed by atoms with E-state index in [0.717, 1.165) is 0 Å². The van der Waals surface area contributed by atoms with Crippen molar-refractivity contribution in [1.29, 1.82) is 0 Å². The molecule has 0 heterocycles. The molecule has 92 valence electrons.